The molecule has 28 heavy (non-hydrogen) atoms. The van der Waals surface area contributed by atoms with Crippen molar-refractivity contribution in [2.24, 2.45) is 0 Å². The van der Waals surface area contributed by atoms with Crippen LogP contribution in [0.25, 0.3) is 6.08 Å². The molecule has 1 amide bonds. The van der Waals surface area contributed by atoms with E-state index >= 15 is 0 Å². The number of nitrogens with zero attached hydrogens (tertiary/aromatic N) is 3. The topological polar surface area (TPSA) is 94.1 Å². The number of aromatic nitrogens is 3. The van der Waals surface area contributed by atoms with Gasteiger partial charge in [-0.3, -0.25) is 25.0 Å². The van der Waals surface area contributed by atoms with Gasteiger partial charge in [0, 0.05) is 48.6 Å². The third kappa shape index (κ3) is 4.45. The fourth-order valence-electron chi connectivity index (χ4n) is 4.05. The lowest BCUT2D eigenvalue weighted by molar-refractivity contribution is -0.124. The second kappa shape index (κ2) is 8.62. The van der Waals surface area contributed by atoms with Crippen LogP contribution < -0.4 is 5.48 Å². The average molecular weight is 387 g/mol. The number of rotatable bonds is 6. The molecular weight excluding hydrogens is 361 g/mol. The highest BCUT2D eigenvalue weighted by Crippen LogP contribution is 2.35. The highest BCUT2D eigenvalue weighted by atomic mass is 19.1. The number of amides is 1. The van der Waals surface area contributed by atoms with Crippen molar-refractivity contribution in [2.75, 3.05) is 6.54 Å². The van der Waals surface area contributed by atoms with E-state index in [1.807, 2.05) is 26.0 Å². The number of carbonyl (C=O) groups excluding carboxylic acids is 1. The van der Waals surface area contributed by atoms with Gasteiger partial charge in [-0.25, -0.2) is 9.87 Å². The highest BCUT2D eigenvalue weighted by Gasteiger charge is 2.37. The smallest absolute Gasteiger partial charge is 0.267 e. The number of alkyl halides is 1. The van der Waals surface area contributed by atoms with Gasteiger partial charge in [-0.05, 0) is 38.0 Å². The summed E-state index contributed by atoms with van der Waals surface area (Å²) >= 11 is 0. The first kappa shape index (κ1) is 20.2. The molecule has 3 N–H and O–H groups in total. The zero-order valence-electron chi connectivity index (χ0n) is 16.3. The van der Waals surface area contributed by atoms with Crippen LogP contribution in [-0.2, 0) is 11.3 Å². The molecule has 2 aromatic rings. The Hall–Kier alpha value is -2.58. The van der Waals surface area contributed by atoms with E-state index in [-0.39, 0.29) is 12.0 Å². The second-order valence-electron chi connectivity index (χ2n) is 7.36. The van der Waals surface area contributed by atoms with E-state index in [1.165, 1.54) is 17.1 Å². The number of H-pyrrole nitrogens is 1. The molecule has 8 heteroatoms. The molecule has 1 aliphatic rings. The molecule has 1 fully saturated rings. The zero-order valence-corrected chi connectivity index (χ0v) is 16.3. The van der Waals surface area contributed by atoms with E-state index in [4.69, 9.17) is 5.21 Å². The van der Waals surface area contributed by atoms with Crippen molar-refractivity contribution < 1.29 is 14.4 Å². The van der Waals surface area contributed by atoms with Gasteiger partial charge >= 0.3 is 0 Å². The van der Waals surface area contributed by atoms with Crippen LogP contribution >= 0.6 is 0 Å². The third-order valence-electron chi connectivity index (χ3n) is 5.37. The number of hydrogen-bond acceptors (Lipinski definition) is 5. The van der Waals surface area contributed by atoms with E-state index in [1.54, 1.807) is 12.3 Å². The van der Waals surface area contributed by atoms with Crippen LogP contribution in [0.5, 0.6) is 0 Å². The molecule has 1 aliphatic heterocycles. The Kier molecular flexibility index (Phi) is 6.21. The van der Waals surface area contributed by atoms with Crippen LogP contribution in [-0.4, -0.2) is 50.0 Å². The lowest BCUT2D eigenvalue weighted by Crippen LogP contribution is -2.33. The first-order valence-corrected chi connectivity index (χ1v) is 9.35. The Balaban J connectivity index is 1.71. The van der Waals surface area contributed by atoms with Crippen LogP contribution in [0, 0.1) is 13.8 Å². The molecule has 2 aromatic heterocycles. The SMILES string of the molecule is Cc1n[nH]c(C)c1C(C)[C@@H]1C[C@@H](F)CN1Cc1ccc(C=CC(=O)NO)cn1. The lowest BCUT2D eigenvalue weighted by atomic mass is 9.90. The summed E-state index contributed by atoms with van der Waals surface area (Å²) in [6, 6.07) is 3.80. The predicted molar refractivity (Wildman–Crippen MR) is 103 cm³/mol. The number of aromatic amines is 1. The van der Waals surface area contributed by atoms with Gasteiger partial charge in [0.25, 0.3) is 5.91 Å². The molecule has 0 saturated carbocycles. The largest absolute Gasteiger partial charge is 0.291 e. The second-order valence-corrected chi connectivity index (χ2v) is 7.36. The first-order valence-electron chi connectivity index (χ1n) is 9.35. The molecular formula is C20H26FN5O2. The number of hydroxylamine groups is 1. The third-order valence-corrected chi connectivity index (χ3v) is 5.37. The normalized spacial score (nSPS) is 21.3. The van der Waals surface area contributed by atoms with Crippen LogP contribution in [0.1, 0.15) is 47.5 Å². The molecule has 7 nitrogen and oxygen atoms in total. The summed E-state index contributed by atoms with van der Waals surface area (Å²) in [4.78, 5) is 17.6. The minimum absolute atomic E-state index is 0.0830. The predicted octanol–water partition coefficient (Wildman–Crippen LogP) is 2.66. The number of aryl methyl sites for hydroxylation is 2. The fourth-order valence-corrected chi connectivity index (χ4v) is 4.05. The molecule has 0 spiro atoms. The maximum atomic E-state index is 14.3. The molecule has 0 aromatic carbocycles. The standard InChI is InChI=1S/C20H26FN5O2/c1-12(20-13(2)23-24-14(20)3)18-8-16(21)10-26(18)11-17-6-4-15(9-22-17)5-7-19(27)25-28/h4-7,9,12,16,18,28H,8,10-11H2,1-3H3,(H,23,24)(H,25,27)/t12?,16-,18+/m1/s1. The van der Waals surface area contributed by atoms with Gasteiger partial charge in [0.05, 0.1) is 11.4 Å². The van der Waals surface area contributed by atoms with E-state index < -0.39 is 12.1 Å². The van der Waals surface area contributed by atoms with Crippen LogP contribution in [0.4, 0.5) is 4.39 Å². The quantitative estimate of drug-likeness (QED) is 0.402. The van der Waals surface area contributed by atoms with E-state index in [0.29, 0.717) is 19.5 Å². The van der Waals surface area contributed by atoms with Gasteiger partial charge in [-0.2, -0.15) is 5.10 Å². The van der Waals surface area contributed by atoms with Gasteiger partial charge in [0.15, 0.2) is 0 Å². The summed E-state index contributed by atoms with van der Waals surface area (Å²) in [6.45, 7) is 7.07. The molecule has 0 radical (unpaired) electrons. The summed E-state index contributed by atoms with van der Waals surface area (Å²) in [5.74, 6) is -0.435. The summed E-state index contributed by atoms with van der Waals surface area (Å²) in [5.41, 5.74) is 6.29. The van der Waals surface area contributed by atoms with E-state index in [9.17, 15) is 9.18 Å². The van der Waals surface area contributed by atoms with Crippen LogP contribution in [0.3, 0.4) is 0 Å². The van der Waals surface area contributed by atoms with Crippen molar-refractivity contribution in [3.05, 3.63) is 52.6 Å². The molecule has 3 heterocycles. The summed E-state index contributed by atoms with van der Waals surface area (Å²) < 4.78 is 14.3. The van der Waals surface area contributed by atoms with Crippen molar-refractivity contribution in [2.45, 2.75) is 51.9 Å². The summed E-state index contributed by atoms with van der Waals surface area (Å²) in [6.07, 6.45) is 4.09. The minimum atomic E-state index is -0.848. The van der Waals surface area contributed by atoms with Crippen molar-refractivity contribution in [1.82, 2.24) is 25.6 Å². The zero-order chi connectivity index (χ0) is 20.3. The van der Waals surface area contributed by atoms with Crippen molar-refractivity contribution in [1.29, 1.82) is 0 Å². The number of nitrogens with one attached hydrogen (secondary N) is 2. The summed E-state index contributed by atoms with van der Waals surface area (Å²) in [7, 11) is 0. The van der Waals surface area contributed by atoms with Crippen LogP contribution in [0.2, 0.25) is 0 Å². The number of hydrogen-bond donors (Lipinski definition) is 3. The van der Waals surface area contributed by atoms with E-state index in [0.717, 1.165) is 22.6 Å². The van der Waals surface area contributed by atoms with Gasteiger partial charge in [-0.1, -0.05) is 13.0 Å². The Labute approximate surface area is 163 Å². The van der Waals surface area contributed by atoms with Gasteiger partial charge in [0.1, 0.15) is 6.17 Å². The Morgan fingerprint density at radius 1 is 1.50 bits per heavy atom. The molecule has 3 rings (SSSR count). The molecule has 1 unspecified atom stereocenters. The average Bonchev–Trinajstić information content (AvgIpc) is 3.21. The Morgan fingerprint density at radius 3 is 2.89 bits per heavy atom. The molecule has 3 atom stereocenters. The molecule has 0 aliphatic carbocycles. The lowest BCUT2D eigenvalue weighted by Gasteiger charge is -2.29. The number of carbonyl (C=O) groups is 1. The first-order chi connectivity index (χ1) is 13.4. The number of pyridine rings is 1. The summed E-state index contributed by atoms with van der Waals surface area (Å²) in [5, 5.41) is 15.8. The molecule has 0 bridgehead atoms. The van der Waals surface area contributed by atoms with E-state index in [2.05, 4.69) is 27.0 Å². The van der Waals surface area contributed by atoms with Gasteiger partial charge in [-0.15, -0.1) is 0 Å². The van der Waals surface area contributed by atoms with Crippen LogP contribution in [0.15, 0.2) is 24.4 Å². The highest BCUT2D eigenvalue weighted by molar-refractivity contribution is 5.90. The van der Waals surface area contributed by atoms with Crippen molar-refractivity contribution in [3.8, 4) is 0 Å². The Morgan fingerprint density at radius 2 is 2.29 bits per heavy atom. The van der Waals surface area contributed by atoms with Crippen molar-refractivity contribution in [3.63, 3.8) is 0 Å². The fraction of sp³-hybridized carbons (Fsp3) is 0.450. The van der Waals surface area contributed by atoms with Gasteiger partial charge < -0.3 is 0 Å². The van der Waals surface area contributed by atoms with Crippen molar-refractivity contribution >= 4 is 12.0 Å². The number of halogens is 1. The monoisotopic (exact) mass is 387 g/mol. The minimum Gasteiger partial charge on any atom is -0.291 e. The van der Waals surface area contributed by atoms with Gasteiger partial charge in [0.2, 0.25) is 0 Å². The molecule has 1 saturated heterocycles. The molecule has 150 valence electrons. The Bertz CT molecular complexity index is 829. The maximum absolute atomic E-state index is 14.3. The number of likely N-dealkylation sites (tertiary alicyclic amines) is 1. The maximum Gasteiger partial charge on any atom is 0.267 e.